The Labute approximate surface area is 227 Å². The van der Waals surface area contributed by atoms with Gasteiger partial charge in [0.05, 0.1) is 11.0 Å². The molecular weight excluding hydrogens is 462 g/mol. The first-order valence-corrected chi connectivity index (χ1v) is 13.4. The van der Waals surface area contributed by atoms with Gasteiger partial charge in [-0.3, -0.25) is 0 Å². The molecule has 3 aromatic carbocycles. The monoisotopic (exact) mass is 500 g/mol. The van der Waals surface area contributed by atoms with Crippen LogP contribution in [0.3, 0.4) is 0 Å². The zero-order valence-electron chi connectivity index (χ0n) is 23.4. The fourth-order valence-electron chi connectivity index (χ4n) is 5.24. The maximum Gasteiger partial charge on any atom is 0.211 e. The molecule has 2 aliphatic heterocycles. The highest BCUT2D eigenvalue weighted by Gasteiger charge is 2.43. The van der Waals surface area contributed by atoms with Gasteiger partial charge in [0.15, 0.2) is 6.21 Å². The summed E-state index contributed by atoms with van der Waals surface area (Å²) in [5, 5.41) is 0. The number of allylic oxidation sites excluding steroid dienone is 7. The second kappa shape index (κ2) is 9.76. The molecule has 0 amide bonds. The van der Waals surface area contributed by atoms with Crippen molar-refractivity contribution < 1.29 is 9.73 Å². The van der Waals surface area contributed by atoms with Crippen LogP contribution in [0.1, 0.15) is 58.2 Å². The van der Waals surface area contributed by atoms with E-state index in [1.165, 1.54) is 22.3 Å². The maximum absolute atomic E-state index is 6.44. The lowest BCUT2D eigenvalue weighted by atomic mass is 9.65. The molecule has 3 aromatic rings. The van der Waals surface area contributed by atoms with Crippen molar-refractivity contribution in [3.63, 3.8) is 0 Å². The number of ether oxygens (including phenoxy) is 1. The van der Waals surface area contributed by atoms with E-state index in [1.54, 1.807) is 0 Å². The molecule has 2 nitrogen and oxygen atoms in total. The molecular formula is C36H38NO+. The van der Waals surface area contributed by atoms with Crippen molar-refractivity contribution in [3.05, 3.63) is 154 Å². The van der Waals surface area contributed by atoms with Gasteiger partial charge in [-0.25, -0.2) is 4.99 Å². The first kappa shape index (κ1) is 25.7. The summed E-state index contributed by atoms with van der Waals surface area (Å²) in [6.07, 6.45) is 8.89. The van der Waals surface area contributed by atoms with Gasteiger partial charge in [-0.1, -0.05) is 133 Å². The van der Waals surface area contributed by atoms with Crippen LogP contribution in [0.2, 0.25) is 0 Å². The first-order chi connectivity index (χ1) is 18.1. The molecule has 0 atom stereocenters. The predicted octanol–water partition coefficient (Wildman–Crippen LogP) is 7.26. The van der Waals surface area contributed by atoms with E-state index >= 15 is 0 Å². The van der Waals surface area contributed by atoms with Gasteiger partial charge in [-0.15, -0.1) is 0 Å². The van der Waals surface area contributed by atoms with Crippen molar-refractivity contribution in [3.8, 4) is 0 Å². The van der Waals surface area contributed by atoms with E-state index in [1.807, 2.05) is 0 Å². The van der Waals surface area contributed by atoms with E-state index in [0.717, 1.165) is 22.8 Å². The van der Waals surface area contributed by atoms with Gasteiger partial charge >= 0.3 is 0 Å². The molecule has 38 heavy (non-hydrogen) atoms. The molecule has 0 saturated carbocycles. The van der Waals surface area contributed by atoms with Crippen LogP contribution in [0.5, 0.6) is 0 Å². The summed E-state index contributed by atoms with van der Waals surface area (Å²) < 4.78 is 6.44. The van der Waals surface area contributed by atoms with Gasteiger partial charge in [-0.2, -0.15) is 0 Å². The standard InChI is InChI=1S/C36H37NO/c1-34(2,3)32-22-26(23-33(38-32)35(4,5)6)31-24-30(25-37-31)36(27-16-10-7-11-17-27,28-18-12-8-13-19-28)29-20-14-9-15-21-29/h7-25H,1-6H3/p+1. The van der Waals surface area contributed by atoms with Crippen LogP contribution < -0.4 is 4.99 Å². The SMILES string of the molecule is CC(C)(C)C1=CC(=C2C=C(C(c3ccccc3)(c3ccccc3)c3ccccc3)C=[NH+]2)C=C(C(C)(C)C)O1. The predicted molar refractivity (Wildman–Crippen MR) is 158 cm³/mol. The molecule has 0 aliphatic carbocycles. The minimum Gasteiger partial charge on any atom is -0.465 e. The Kier molecular flexibility index (Phi) is 6.61. The summed E-state index contributed by atoms with van der Waals surface area (Å²) in [7, 11) is 0. The van der Waals surface area contributed by atoms with E-state index in [4.69, 9.17) is 4.74 Å². The highest BCUT2D eigenvalue weighted by molar-refractivity contribution is 5.86. The number of rotatable bonds is 4. The first-order valence-electron chi connectivity index (χ1n) is 13.4. The molecule has 0 aromatic heterocycles. The van der Waals surface area contributed by atoms with Crippen LogP contribution in [0.25, 0.3) is 0 Å². The van der Waals surface area contributed by atoms with Crippen molar-refractivity contribution in [1.29, 1.82) is 0 Å². The Bertz CT molecular complexity index is 1330. The lowest BCUT2D eigenvalue weighted by Crippen LogP contribution is -2.64. The minimum atomic E-state index is -0.475. The molecule has 0 saturated heterocycles. The molecule has 0 radical (unpaired) electrons. The molecule has 2 heterocycles. The van der Waals surface area contributed by atoms with E-state index in [-0.39, 0.29) is 10.8 Å². The van der Waals surface area contributed by atoms with E-state index in [0.29, 0.717) is 0 Å². The molecule has 1 N–H and O–H groups in total. The zero-order chi connectivity index (χ0) is 27.0. The van der Waals surface area contributed by atoms with Crippen molar-refractivity contribution in [2.45, 2.75) is 47.0 Å². The lowest BCUT2D eigenvalue weighted by Gasteiger charge is -2.35. The molecule has 5 rings (SSSR count). The third-order valence-electron chi connectivity index (χ3n) is 7.32. The highest BCUT2D eigenvalue weighted by atomic mass is 16.5. The highest BCUT2D eigenvalue weighted by Crippen LogP contribution is 2.45. The summed E-state index contributed by atoms with van der Waals surface area (Å²) in [6, 6.07) is 32.5. The molecule has 0 bridgehead atoms. The van der Waals surface area contributed by atoms with Crippen LogP contribution in [-0.4, -0.2) is 6.21 Å². The smallest absolute Gasteiger partial charge is 0.211 e. The Morgan fingerprint density at radius 1 is 0.526 bits per heavy atom. The van der Waals surface area contributed by atoms with Crippen molar-refractivity contribution in [2.75, 3.05) is 0 Å². The van der Waals surface area contributed by atoms with Crippen LogP contribution in [0.15, 0.2) is 138 Å². The second-order valence-electron chi connectivity index (χ2n) is 12.2. The third-order valence-corrected chi connectivity index (χ3v) is 7.32. The lowest BCUT2D eigenvalue weighted by molar-refractivity contribution is -0.381. The zero-order valence-corrected chi connectivity index (χ0v) is 23.4. The second-order valence-corrected chi connectivity index (χ2v) is 12.2. The summed E-state index contributed by atoms with van der Waals surface area (Å²) in [5.41, 5.74) is 6.44. The van der Waals surface area contributed by atoms with Gasteiger partial charge < -0.3 is 4.74 Å². The van der Waals surface area contributed by atoms with Gasteiger partial charge in [-0.05, 0) is 28.8 Å². The number of nitrogens with one attached hydrogen (secondary N) is 1. The van der Waals surface area contributed by atoms with Crippen LogP contribution in [0.4, 0.5) is 0 Å². The molecule has 0 spiro atoms. The largest absolute Gasteiger partial charge is 0.465 e. The van der Waals surface area contributed by atoms with Crippen LogP contribution in [0, 0.1) is 10.8 Å². The van der Waals surface area contributed by atoms with Crippen molar-refractivity contribution >= 4 is 6.21 Å². The number of hydrogen-bond donors (Lipinski definition) is 1. The summed E-state index contributed by atoms with van der Waals surface area (Å²) in [6.45, 7) is 13.2. The Morgan fingerprint density at radius 2 is 0.921 bits per heavy atom. The Balaban J connectivity index is 1.78. The van der Waals surface area contributed by atoms with Gasteiger partial charge in [0.25, 0.3) is 0 Å². The van der Waals surface area contributed by atoms with E-state index in [9.17, 15) is 0 Å². The normalized spacial score (nSPS) is 16.1. The van der Waals surface area contributed by atoms with Gasteiger partial charge in [0.2, 0.25) is 5.70 Å². The Hall–Kier alpha value is -3.91. The number of benzene rings is 3. The van der Waals surface area contributed by atoms with Crippen molar-refractivity contribution in [1.82, 2.24) is 0 Å². The van der Waals surface area contributed by atoms with Crippen molar-refractivity contribution in [2.24, 2.45) is 10.8 Å². The fraction of sp³-hybridized carbons (Fsp3) is 0.250. The molecule has 2 aliphatic rings. The quantitative estimate of drug-likeness (QED) is 0.375. The van der Waals surface area contributed by atoms with Gasteiger partial charge in [0.1, 0.15) is 11.5 Å². The average Bonchev–Trinajstić information content (AvgIpc) is 3.40. The van der Waals surface area contributed by atoms with E-state index < -0.39 is 5.41 Å². The van der Waals surface area contributed by atoms with E-state index in [2.05, 4.69) is 162 Å². The average molecular weight is 501 g/mol. The molecule has 192 valence electrons. The third kappa shape index (κ3) is 4.72. The number of hydrogen-bond acceptors (Lipinski definition) is 1. The van der Waals surface area contributed by atoms with Crippen LogP contribution >= 0.6 is 0 Å². The molecule has 0 unspecified atom stereocenters. The Morgan fingerprint density at radius 3 is 1.29 bits per heavy atom. The maximum atomic E-state index is 6.44. The molecule has 2 heteroatoms. The van der Waals surface area contributed by atoms with Crippen LogP contribution in [-0.2, 0) is 10.2 Å². The molecule has 0 fully saturated rings. The topological polar surface area (TPSA) is 23.2 Å². The summed E-state index contributed by atoms with van der Waals surface area (Å²) in [4.78, 5) is 3.65. The minimum absolute atomic E-state index is 0.104. The summed E-state index contributed by atoms with van der Waals surface area (Å²) >= 11 is 0. The summed E-state index contributed by atoms with van der Waals surface area (Å²) in [5.74, 6) is 1.97. The fourth-order valence-corrected chi connectivity index (χ4v) is 5.24. The van der Waals surface area contributed by atoms with Gasteiger partial charge in [0, 0.05) is 22.5 Å².